The molecule has 1 aliphatic heterocycles. The summed E-state index contributed by atoms with van der Waals surface area (Å²) < 4.78 is 4.57. The standard InChI is InChI=1S/C13H18O3.C2H6/c1-3-5-7-10(8-6-4-2)11-9-12(14)16-13(11)15;1-2/h5-8,10-11H,3-4,9H2,1-2H3;1-2H3/b7-5-,8-6-;. The second-order valence-corrected chi connectivity index (χ2v) is 3.85. The Labute approximate surface area is 110 Å². The Morgan fingerprint density at radius 1 is 1.17 bits per heavy atom. The molecule has 0 spiro atoms. The molecule has 0 amide bonds. The number of carbonyl (C=O) groups excluding carboxylic acids is 2. The SMILES string of the molecule is CC.CC/C=C\C(/C=C\CC)C1CC(=O)OC1=O. The number of cyclic esters (lactones) is 2. The summed E-state index contributed by atoms with van der Waals surface area (Å²) in [7, 11) is 0. The van der Waals surface area contributed by atoms with Crippen LogP contribution in [0.3, 0.4) is 0 Å². The van der Waals surface area contributed by atoms with E-state index in [2.05, 4.69) is 4.74 Å². The predicted molar refractivity (Wildman–Crippen MR) is 72.9 cm³/mol. The zero-order chi connectivity index (χ0) is 14.0. The Kier molecular flexibility index (Phi) is 8.89. The summed E-state index contributed by atoms with van der Waals surface area (Å²) in [6.07, 6.45) is 10.0. The number of rotatable bonds is 5. The van der Waals surface area contributed by atoms with Crippen LogP contribution in [0.1, 0.15) is 47.0 Å². The highest BCUT2D eigenvalue weighted by Crippen LogP contribution is 2.26. The van der Waals surface area contributed by atoms with Crippen molar-refractivity contribution in [3.8, 4) is 0 Å². The predicted octanol–water partition coefficient (Wildman–Crippen LogP) is 3.65. The minimum absolute atomic E-state index is 0.0150. The maximum atomic E-state index is 11.4. The zero-order valence-corrected chi connectivity index (χ0v) is 11.8. The van der Waals surface area contributed by atoms with E-state index in [4.69, 9.17) is 0 Å². The molecule has 1 rings (SSSR count). The Morgan fingerprint density at radius 2 is 1.67 bits per heavy atom. The van der Waals surface area contributed by atoms with E-state index < -0.39 is 11.9 Å². The first-order valence-corrected chi connectivity index (χ1v) is 6.76. The van der Waals surface area contributed by atoms with Gasteiger partial charge < -0.3 is 4.74 Å². The number of hydrogen-bond donors (Lipinski definition) is 0. The summed E-state index contributed by atoms with van der Waals surface area (Å²) in [4.78, 5) is 22.5. The van der Waals surface area contributed by atoms with Gasteiger partial charge in [0.1, 0.15) is 0 Å². The van der Waals surface area contributed by atoms with Crippen LogP contribution in [0.2, 0.25) is 0 Å². The highest BCUT2D eigenvalue weighted by molar-refractivity contribution is 5.95. The molecule has 3 heteroatoms. The van der Waals surface area contributed by atoms with Crippen LogP contribution in [-0.2, 0) is 14.3 Å². The van der Waals surface area contributed by atoms with Crippen LogP contribution >= 0.6 is 0 Å². The lowest BCUT2D eigenvalue weighted by Crippen LogP contribution is -2.16. The minimum Gasteiger partial charge on any atom is -0.393 e. The van der Waals surface area contributed by atoms with Crippen molar-refractivity contribution < 1.29 is 14.3 Å². The van der Waals surface area contributed by atoms with Gasteiger partial charge in [-0.3, -0.25) is 9.59 Å². The molecule has 0 aromatic heterocycles. The van der Waals surface area contributed by atoms with Crippen molar-refractivity contribution in [2.75, 3.05) is 0 Å². The van der Waals surface area contributed by atoms with E-state index in [1.165, 1.54) is 0 Å². The third kappa shape index (κ3) is 5.30. The number of ether oxygens (including phenoxy) is 1. The van der Waals surface area contributed by atoms with Crippen LogP contribution in [0.5, 0.6) is 0 Å². The zero-order valence-electron chi connectivity index (χ0n) is 11.8. The molecule has 1 saturated heterocycles. The fourth-order valence-electron chi connectivity index (χ4n) is 1.70. The molecule has 102 valence electrons. The maximum Gasteiger partial charge on any atom is 0.318 e. The van der Waals surface area contributed by atoms with E-state index in [1.807, 2.05) is 52.0 Å². The molecule has 0 aromatic carbocycles. The number of carbonyl (C=O) groups is 2. The fraction of sp³-hybridized carbons (Fsp3) is 0.600. The monoisotopic (exact) mass is 252 g/mol. The van der Waals surface area contributed by atoms with E-state index in [-0.39, 0.29) is 18.3 Å². The molecule has 0 bridgehead atoms. The van der Waals surface area contributed by atoms with Crippen LogP contribution in [0.4, 0.5) is 0 Å². The van der Waals surface area contributed by atoms with Gasteiger partial charge in [-0.1, -0.05) is 52.0 Å². The van der Waals surface area contributed by atoms with E-state index in [1.54, 1.807) is 0 Å². The van der Waals surface area contributed by atoms with Crippen LogP contribution < -0.4 is 0 Å². The van der Waals surface area contributed by atoms with Crippen LogP contribution in [0.15, 0.2) is 24.3 Å². The van der Waals surface area contributed by atoms with Gasteiger partial charge in [-0.15, -0.1) is 0 Å². The van der Waals surface area contributed by atoms with Gasteiger partial charge in [0.15, 0.2) is 0 Å². The second kappa shape index (κ2) is 9.63. The van der Waals surface area contributed by atoms with Crippen molar-refractivity contribution in [2.24, 2.45) is 11.8 Å². The molecule has 0 saturated carbocycles. The molecule has 1 atom stereocenters. The molecule has 18 heavy (non-hydrogen) atoms. The van der Waals surface area contributed by atoms with E-state index in [0.717, 1.165) is 12.8 Å². The molecule has 3 nitrogen and oxygen atoms in total. The van der Waals surface area contributed by atoms with Crippen LogP contribution in [0.25, 0.3) is 0 Å². The van der Waals surface area contributed by atoms with Crippen molar-refractivity contribution in [3.05, 3.63) is 24.3 Å². The average Bonchev–Trinajstić information content (AvgIpc) is 2.71. The van der Waals surface area contributed by atoms with Gasteiger partial charge in [0.25, 0.3) is 0 Å². The van der Waals surface area contributed by atoms with Gasteiger partial charge in [-0.2, -0.15) is 0 Å². The summed E-state index contributed by atoms with van der Waals surface area (Å²) in [5.74, 6) is -1.15. The quantitative estimate of drug-likeness (QED) is 0.426. The van der Waals surface area contributed by atoms with Crippen molar-refractivity contribution in [1.82, 2.24) is 0 Å². The van der Waals surface area contributed by atoms with Gasteiger partial charge in [0.2, 0.25) is 0 Å². The molecular formula is C15H24O3. The molecule has 0 aliphatic carbocycles. The molecule has 1 fully saturated rings. The lowest BCUT2D eigenvalue weighted by Gasteiger charge is -2.11. The third-order valence-corrected chi connectivity index (χ3v) is 2.56. The van der Waals surface area contributed by atoms with Gasteiger partial charge >= 0.3 is 11.9 Å². The molecule has 0 N–H and O–H groups in total. The largest absolute Gasteiger partial charge is 0.393 e. The lowest BCUT2D eigenvalue weighted by molar-refractivity contribution is -0.153. The third-order valence-electron chi connectivity index (χ3n) is 2.56. The summed E-state index contributed by atoms with van der Waals surface area (Å²) in [6, 6.07) is 0. The normalized spacial score (nSPS) is 19.5. The van der Waals surface area contributed by atoms with Crippen LogP contribution in [0, 0.1) is 11.8 Å². The summed E-state index contributed by atoms with van der Waals surface area (Å²) in [5, 5.41) is 0. The Hall–Kier alpha value is -1.38. The highest BCUT2D eigenvalue weighted by atomic mass is 16.6. The van der Waals surface area contributed by atoms with E-state index >= 15 is 0 Å². The van der Waals surface area contributed by atoms with E-state index in [0.29, 0.717) is 0 Å². The topological polar surface area (TPSA) is 43.4 Å². The Morgan fingerprint density at radius 3 is 2.00 bits per heavy atom. The first kappa shape index (κ1) is 16.6. The second-order valence-electron chi connectivity index (χ2n) is 3.85. The Bertz CT molecular complexity index is 302. The van der Waals surface area contributed by atoms with Gasteiger partial charge in [0, 0.05) is 5.92 Å². The molecule has 0 aromatic rings. The van der Waals surface area contributed by atoms with E-state index in [9.17, 15) is 9.59 Å². The van der Waals surface area contributed by atoms with Crippen molar-refractivity contribution in [2.45, 2.75) is 47.0 Å². The number of hydrogen-bond acceptors (Lipinski definition) is 3. The van der Waals surface area contributed by atoms with Gasteiger partial charge in [-0.25, -0.2) is 0 Å². The summed E-state index contributed by atoms with van der Waals surface area (Å²) >= 11 is 0. The lowest BCUT2D eigenvalue weighted by atomic mass is 9.90. The summed E-state index contributed by atoms with van der Waals surface area (Å²) in [6.45, 7) is 8.07. The van der Waals surface area contributed by atoms with Gasteiger partial charge in [-0.05, 0) is 12.8 Å². The van der Waals surface area contributed by atoms with Crippen molar-refractivity contribution in [1.29, 1.82) is 0 Å². The first-order valence-electron chi connectivity index (χ1n) is 6.76. The highest BCUT2D eigenvalue weighted by Gasteiger charge is 2.37. The maximum absolute atomic E-state index is 11.4. The van der Waals surface area contributed by atoms with Gasteiger partial charge in [0.05, 0.1) is 12.3 Å². The summed E-state index contributed by atoms with van der Waals surface area (Å²) in [5.41, 5.74) is 0. The van der Waals surface area contributed by atoms with Crippen LogP contribution in [-0.4, -0.2) is 11.9 Å². The Balaban J connectivity index is 0.00000137. The molecule has 1 aliphatic rings. The average molecular weight is 252 g/mol. The molecule has 1 unspecified atom stereocenters. The minimum atomic E-state index is -0.408. The number of allylic oxidation sites excluding steroid dienone is 4. The molecule has 1 heterocycles. The van der Waals surface area contributed by atoms with Crippen molar-refractivity contribution in [3.63, 3.8) is 0 Å². The fourth-order valence-corrected chi connectivity index (χ4v) is 1.70. The molecule has 0 radical (unpaired) electrons. The smallest absolute Gasteiger partial charge is 0.318 e. The number of esters is 2. The first-order chi connectivity index (χ1) is 8.69. The molecular weight excluding hydrogens is 228 g/mol. The van der Waals surface area contributed by atoms with Crippen molar-refractivity contribution >= 4 is 11.9 Å².